The van der Waals surface area contributed by atoms with Crippen LogP contribution in [-0.4, -0.2) is 23.3 Å². The number of para-hydroxylation sites is 1. The summed E-state index contributed by atoms with van der Waals surface area (Å²) in [6.45, 7) is 1.48. The molecule has 0 radical (unpaired) electrons. The molecule has 0 spiro atoms. The Labute approximate surface area is 140 Å². The maximum Gasteiger partial charge on any atom is 0.0933 e. The molecule has 0 aliphatic carbocycles. The zero-order valence-electron chi connectivity index (χ0n) is 13.2. The monoisotopic (exact) mass is 325 g/mol. The van der Waals surface area contributed by atoms with Crippen LogP contribution in [0.3, 0.4) is 0 Å². The zero-order chi connectivity index (χ0) is 16.1. The third-order valence-electron chi connectivity index (χ3n) is 3.82. The van der Waals surface area contributed by atoms with Gasteiger partial charge in [-0.25, -0.2) is 4.98 Å². The molecule has 0 amide bonds. The van der Waals surface area contributed by atoms with Gasteiger partial charge in [0, 0.05) is 54.7 Å². The first-order valence-electron chi connectivity index (χ1n) is 7.72. The van der Waals surface area contributed by atoms with Crippen molar-refractivity contribution in [3.63, 3.8) is 0 Å². The molecule has 2 heterocycles. The molecule has 0 unspecified atom stereocenters. The first-order valence-corrected chi connectivity index (χ1v) is 8.60. The summed E-state index contributed by atoms with van der Waals surface area (Å²) in [5.74, 6) is 0. The van der Waals surface area contributed by atoms with Crippen LogP contribution in [0, 0.1) is 11.3 Å². The molecule has 0 fully saturated rings. The van der Waals surface area contributed by atoms with Crippen molar-refractivity contribution in [2.24, 2.45) is 0 Å². The lowest BCUT2D eigenvalue weighted by Crippen LogP contribution is -1.94. The molecular formula is C18H19N3OS. The van der Waals surface area contributed by atoms with E-state index in [0.29, 0.717) is 13.0 Å². The Morgan fingerprint density at radius 3 is 3.04 bits per heavy atom. The van der Waals surface area contributed by atoms with Gasteiger partial charge >= 0.3 is 0 Å². The number of aromatic nitrogens is 2. The van der Waals surface area contributed by atoms with Gasteiger partial charge in [-0.1, -0.05) is 18.2 Å². The Morgan fingerprint density at radius 2 is 2.22 bits per heavy atom. The number of rotatable bonds is 7. The maximum atomic E-state index is 8.85. The van der Waals surface area contributed by atoms with Crippen LogP contribution in [-0.2, 0) is 17.7 Å². The van der Waals surface area contributed by atoms with E-state index in [1.807, 2.05) is 12.1 Å². The molecule has 2 aromatic heterocycles. The van der Waals surface area contributed by atoms with Crippen LogP contribution in [0.25, 0.3) is 22.2 Å². The van der Waals surface area contributed by atoms with Gasteiger partial charge in [0.1, 0.15) is 0 Å². The lowest BCUT2D eigenvalue weighted by atomic mass is 10.1. The maximum absolute atomic E-state index is 8.85. The summed E-state index contributed by atoms with van der Waals surface area (Å²) in [6, 6.07) is 10.5. The molecule has 0 saturated heterocycles. The standard InChI is InChI=1S/C18H19N3OS/c1-22-11-4-8-18-20-16(13-23-18)15-12-21(10-5-9-19)17-7-3-2-6-14(15)17/h2-3,6-7,12-13H,4-5,8,10-11H2,1H3. The van der Waals surface area contributed by atoms with E-state index >= 15 is 0 Å². The number of hydrogen-bond acceptors (Lipinski definition) is 4. The number of nitriles is 1. The van der Waals surface area contributed by atoms with E-state index in [1.54, 1.807) is 18.4 Å². The molecular weight excluding hydrogens is 306 g/mol. The van der Waals surface area contributed by atoms with Crippen molar-refractivity contribution >= 4 is 22.2 Å². The van der Waals surface area contributed by atoms with Gasteiger partial charge in [-0.15, -0.1) is 11.3 Å². The van der Waals surface area contributed by atoms with Gasteiger partial charge in [-0.05, 0) is 12.5 Å². The Kier molecular flexibility index (Phi) is 5.06. The van der Waals surface area contributed by atoms with E-state index in [1.165, 1.54) is 5.39 Å². The second kappa shape index (κ2) is 7.40. The molecule has 3 rings (SSSR count). The second-order valence-electron chi connectivity index (χ2n) is 5.38. The van der Waals surface area contributed by atoms with Crippen molar-refractivity contribution in [1.82, 2.24) is 9.55 Å². The minimum atomic E-state index is 0.511. The Hall–Kier alpha value is -2.16. The van der Waals surface area contributed by atoms with E-state index in [-0.39, 0.29) is 0 Å². The van der Waals surface area contributed by atoms with Crippen LogP contribution in [0.4, 0.5) is 0 Å². The van der Waals surface area contributed by atoms with Crippen LogP contribution in [0.15, 0.2) is 35.8 Å². The minimum Gasteiger partial charge on any atom is -0.385 e. The van der Waals surface area contributed by atoms with Crippen LogP contribution in [0.1, 0.15) is 17.8 Å². The van der Waals surface area contributed by atoms with Crippen molar-refractivity contribution in [1.29, 1.82) is 5.26 Å². The van der Waals surface area contributed by atoms with Crippen molar-refractivity contribution in [3.8, 4) is 17.3 Å². The third-order valence-corrected chi connectivity index (χ3v) is 4.73. The fourth-order valence-corrected chi connectivity index (χ4v) is 3.56. The van der Waals surface area contributed by atoms with Gasteiger partial charge in [-0.2, -0.15) is 5.26 Å². The van der Waals surface area contributed by atoms with Crippen LogP contribution in [0.5, 0.6) is 0 Å². The van der Waals surface area contributed by atoms with Crippen molar-refractivity contribution in [2.75, 3.05) is 13.7 Å². The molecule has 0 bridgehead atoms. The highest BCUT2D eigenvalue weighted by molar-refractivity contribution is 7.09. The third kappa shape index (κ3) is 3.44. The molecule has 118 valence electrons. The van der Waals surface area contributed by atoms with Gasteiger partial charge in [0.15, 0.2) is 0 Å². The van der Waals surface area contributed by atoms with E-state index < -0.39 is 0 Å². The number of ether oxygens (including phenoxy) is 1. The highest BCUT2D eigenvalue weighted by Crippen LogP contribution is 2.31. The first-order chi connectivity index (χ1) is 11.3. The molecule has 0 aliphatic rings. The normalized spacial score (nSPS) is 11.0. The number of aryl methyl sites for hydroxylation is 2. The summed E-state index contributed by atoms with van der Waals surface area (Å²) in [5.41, 5.74) is 3.33. The van der Waals surface area contributed by atoms with E-state index in [4.69, 9.17) is 15.0 Å². The summed E-state index contributed by atoms with van der Waals surface area (Å²) in [5, 5.41) is 13.3. The number of fused-ring (bicyclic) bond motifs is 1. The largest absolute Gasteiger partial charge is 0.385 e. The Morgan fingerprint density at radius 1 is 1.35 bits per heavy atom. The predicted octanol–water partition coefficient (Wildman–Crippen LogP) is 4.26. The molecule has 3 aromatic rings. The molecule has 0 aliphatic heterocycles. The smallest absolute Gasteiger partial charge is 0.0933 e. The topological polar surface area (TPSA) is 50.8 Å². The number of nitrogens with zero attached hydrogens (tertiary/aromatic N) is 3. The van der Waals surface area contributed by atoms with Crippen LogP contribution in [0.2, 0.25) is 0 Å². The first kappa shape index (κ1) is 15.7. The van der Waals surface area contributed by atoms with Gasteiger partial charge in [-0.3, -0.25) is 0 Å². The molecule has 0 atom stereocenters. The molecule has 1 aromatic carbocycles. The number of hydrogen-bond donors (Lipinski definition) is 0. The van der Waals surface area contributed by atoms with E-state index in [0.717, 1.165) is 41.2 Å². The SMILES string of the molecule is COCCCc1nc(-c2cn(CCC#N)c3ccccc23)cs1. The second-order valence-corrected chi connectivity index (χ2v) is 6.33. The fraction of sp³-hybridized carbons (Fsp3) is 0.333. The van der Waals surface area contributed by atoms with Crippen molar-refractivity contribution in [3.05, 3.63) is 40.8 Å². The molecule has 23 heavy (non-hydrogen) atoms. The Balaban J connectivity index is 1.92. The van der Waals surface area contributed by atoms with Crippen LogP contribution < -0.4 is 0 Å². The summed E-state index contributed by atoms with van der Waals surface area (Å²) >= 11 is 1.70. The number of benzene rings is 1. The predicted molar refractivity (Wildman–Crippen MR) is 93.5 cm³/mol. The summed E-state index contributed by atoms with van der Waals surface area (Å²) in [4.78, 5) is 4.78. The summed E-state index contributed by atoms with van der Waals surface area (Å²) in [6.07, 6.45) is 4.58. The lowest BCUT2D eigenvalue weighted by Gasteiger charge is -2.00. The van der Waals surface area contributed by atoms with E-state index in [2.05, 4.69) is 34.3 Å². The van der Waals surface area contributed by atoms with Crippen LogP contribution >= 0.6 is 11.3 Å². The lowest BCUT2D eigenvalue weighted by molar-refractivity contribution is 0.195. The highest BCUT2D eigenvalue weighted by atomic mass is 32.1. The number of methoxy groups -OCH3 is 1. The average molecular weight is 325 g/mol. The van der Waals surface area contributed by atoms with Gasteiger partial charge in [0.05, 0.1) is 23.2 Å². The zero-order valence-corrected chi connectivity index (χ0v) is 14.0. The quantitative estimate of drug-likeness (QED) is 0.610. The molecule has 4 nitrogen and oxygen atoms in total. The number of thiazole rings is 1. The summed E-state index contributed by atoms with van der Waals surface area (Å²) in [7, 11) is 1.73. The molecule has 0 saturated carbocycles. The van der Waals surface area contributed by atoms with E-state index in [9.17, 15) is 0 Å². The Bertz CT molecular complexity index is 828. The summed E-state index contributed by atoms with van der Waals surface area (Å²) < 4.78 is 7.25. The molecule has 5 heteroatoms. The highest BCUT2D eigenvalue weighted by Gasteiger charge is 2.12. The minimum absolute atomic E-state index is 0.511. The molecule has 0 N–H and O–H groups in total. The average Bonchev–Trinajstić information content (AvgIpc) is 3.18. The van der Waals surface area contributed by atoms with Crippen molar-refractivity contribution in [2.45, 2.75) is 25.8 Å². The van der Waals surface area contributed by atoms with Crippen molar-refractivity contribution < 1.29 is 4.74 Å². The fourth-order valence-electron chi connectivity index (χ4n) is 2.72. The van der Waals surface area contributed by atoms with Gasteiger partial charge in [0.2, 0.25) is 0 Å². The van der Waals surface area contributed by atoms with Gasteiger partial charge < -0.3 is 9.30 Å². The van der Waals surface area contributed by atoms with Gasteiger partial charge in [0.25, 0.3) is 0 Å².